The van der Waals surface area contributed by atoms with Gasteiger partial charge in [0.2, 0.25) is 20.0 Å². The molecule has 0 unspecified atom stereocenters. The molecule has 0 fully saturated rings. The Kier molecular flexibility index (Phi) is 5.44. The summed E-state index contributed by atoms with van der Waals surface area (Å²) in [7, 11) is -7.20. The molecule has 2 aromatic rings. The van der Waals surface area contributed by atoms with Gasteiger partial charge in [-0.2, -0.15) is 8.61 Å². The first-order valence-electron chi connectivity index (χ1n) is 9.70. The van der Waals surface area contributed by atoms with E-state index in [0.29, 0.717) is 0 Å². The molecule has 158 valence electrons. The number of benzene rings is 2. The van der Waals surface area contributed by atoms with Gasteiger partial charge in [-0.15, -0.1) is 0 Å². The van der Waals surface area contributed by atoms with Crippen molar-refractivity contribution in [1.29, 1.82) is 0 Å². The van der Waals surface area contributed by atoms with Crippen LogP contribution in [0.15, 0.2) is 81.6 Å². The molecule has 2 heterocycles. The predicted molar refractivity (Wildman–Crippen MR) is 116 cm³/mol. The van der Waals surface area contributed by atoms with E-state index in [2.05, 4.69) is 0 Å². The normalized spacial score (nSPS) is 18.5. The summed E-state index contributed by atoms with van der Waals surface area (Å²) in [5.41, 5.74) is 3.74. The van der Waals surface area contributed by atoms with Gasteiger partial charge >= 0.3 is 0 Å². The van der Waals surface area contributed by atoms with Crippen LogP contribution in [0.4, 0.5) is 0 Å². The first kappa shape index (κ1) is 21.0. The van der Waals surface area contributed by atoms with Crippen molar-refractivity contribution >= 4 is 20.0 Å². The van der Waals surface area contributed by atoms with Gasteiger partial charge in [-0.3, -0.25) is 0 Å². The molecule has 0 N–H and O–H groups in total. The molecular weight excluding hydrogens is 420 g/mol. The number of fused-ring (bicyclic) bond motifs is 1. The van der Waals surface area contributed by atoms with Crippen molar-refractivity contribution in [2.45, 2.75) is 23.6 Å². The van der Waals surface area contributed by atoms with Gasteiger partial charge in [0.15, 0.2) is 0 Å². The van der Waals surface area contributed by atoms with Crippen LogP contribution < -0.4 is 0 Å². The predicted octanol–water partition coefficient (Wildman–Crippen LogP) is 2.87. The molecular formula is C22H24N2O4S2. The summed E-state index contributed by atoms with van der Waals surface area (Å²) in [6.45, 7) is 4.77. The second-order valence-electron chi connectivity index (χ2n) is 7.68. The minimum absolute atomic E-state index is 0.224. The molecule has 30 heavy (non-hydrogen) atoms. The van der Waals surface area contributed by atoms with Gasteiger partial charge in [-0.25, -0.2) is 16.8 Å². The molecule has 2 aliphatic rings. The maximum absolute atomic E-state index is 13.0. The number of hydrogen-bond acceptors (Lipinski definition) is 4. The summed E-state index contributed by atoms with van der Waals surface area (Å²) in [5, 5.41) is 0. The summed E-state index contributed by atoms with van der Waals surface area (Å²) < 4.78 is 54.7. The Hall–Kier alpha value is -2.26. The van der Waals surface area contributed by atoms with Crippen LogP contribution in [0, 0.1) is 13.8 Å². The van der Waals surface area contributed by atoms with Crippen molar-refractivity contribution in [3.63, 3.8) is 0 Å². The Labute approximate surface area is 178 Å². The van der Waals surface area contributed by atoms with Crippen molar-refractivity contribution in [2.75, 3.05) is 26.2 Å². The fourth-order valence-corrected chi connectivity index (χ4v) is 6.33. The van der Waals surface area contributed by atoms with Gasteiger partial charge in [0.05, 0.1) is 9.79 Å². The fourth-order valence-electron chi connectivity index (χ4n) is 3.61. The second-order valence-corrected chi connectivity index (χ2v) is 11.6. The summed E-state index contributed by atoms with van der Waals surface area (Å²) in [6.07, 6.45) is 3.63. The molecule has 2 aromatic carbocycles. The molecule has 0 aliphatic carbocycles. The fraction of sp³-hybridized carbons (Fsp3) is 0.273. The third-order valence-corrected chi connectivity index (χ3v) is 9.16. The topological polar surface area (TPSA) is 74.8 Å². The molecule has 0 radical (unpaired) electrons. The molecule has 2 aliphatic heterocycles. The highest BCUT2D eigenvalue weighted by atomic mass is 32.2. The van der Waals surface area contributed by atoms with Crippen LogP contribution in [0.5, 0.6) is 0 Å². The first-order chi connectivity index (χ1) is 14.2. The lowest BCUT2D eigenvalue weighted by Gasteiger charge is -2.34. The molecule has 0 saturated carbocycles. The molecule has 0 amide bonds. The zero-order valence-corrected chi connectivity index (χ0v) is 18.6. The highest BCUT2D eigenvalue weighted by Gasteiger charge is 2.33. The highest BCUT2D eigenvalue weighted by molar-refractivity contribution is 7.89. The van der Waals surface area contributed by atoms with Gasteiger partial charge in [0.25, 0.3) is 0 Å². The number of aryl methyl sites for hydroxylation is 2. The SMILES string of the molecule is Cc1ccc(S(=O)(=O)N2CC=C3CN(S(=O)(=O)c4ccc(C)cc4)CC=C3C2)cc1. The van der Waals surface area contributed by atoms with E-state index < -0.39 is 20.0 Å². The molecule has 0 spiro atoms. The Morgan fingerprint density at radius 3 is 1.27 bits per heavy atom. The maximum atomic E-state index is 13.0. The molecule has 0 atom stereocenters. The highest BCUT2D eigenvalue weighted by Crippen LogP contribution is 2.29. The molecule has 0 bridgehead atoms. The van der Waals surface area contributed by atoms with Crippen LogP contribution in [0.2, 0.25) is 0 Å². The minimum atomic E-state index is -3.60. The maximum Gasteiger partial charge on any atom is 0.243 e. The molecule has 0 aromatic heterocycles. The average molecular weight is 445 g/mol. The smallest absolute Gasteiger partial charge is 0.207 e. The Morgan fingerprint density at radius 2 is 0.933 bits per heavy atom. The van der Waals surface area contributed by atoms with E-state index in [9.17, 15) is 16.8 Å². The van der Waals surface area contributed by atoms with Crippen LogP contribution in [0.3, 0.4) is 0 Å². The number of nitrogens with zero attached hydrogens (tertiary/aromatic N) is 2. The van der Waals surface area contributed by atoms with Crippen LogP contribution in [-0.4, -0.2) is 51.6 Å². The van der Waals surface area contributed by atoms with Crippen LogP contribution in [0.25, 0.3) is 0 Å². The molecule has 6 nitrogen and oxygen atoms in total. The van der Waals surface area contributed by atoms with Crippen LogP contribution in [0.1, 0.15) is 11.1 Å². The van der Waals surface area contributed by atoms with E-state index in [-0.39, 0.29) is 36.0 Å². The van der Waals surface area contributed by atoms with Crippen molar-refractivity contribution in [1.82, 2.24) is 8.61 Å². The standard InChI is InChI=1S/C22H24N2O4S2/c1-17-3-7-21(8-4-17)29(25,26)23-13-11-20-16-24(14-12-19(20)15-23)30(27,28)22-9-5-18(2)6-10-22/h3-12H,13-16H2,1-2H3. The lowest BCUT2D eigenvalue weighted by molar-refractivity contribution is 0.426. The van der Waals surface area contributed by atoms with E-state index in [1.54, 1.807) is 48.5 Å². The van der Waals surface area contributed by atoms with E-state index in [1.165, 1.54) is 8.61 Å². The van der Waals surface area contributed by atoms with E-state index in [4.69, 9.17) is 0 Å². The lowest BCUT2D eigenvalue weighted by Crippen LogP contribution is -2.42. The summed E-state index contributed by atoms with van der Waals surface area (Å²) in [6, 6.07) is 13.6. The Balaban J connectivity index is 1.54. The monoisotopic (exact) mass is 444 g/mol. The van der Waals surface area contributed by atoms with Crippen molar-refractivity contribution in [3.8, 4) is 0 Å². The molecule has 4 rings (SSSR count). The van der Waals surface area contributed by atoms with Gasteiger partial charge < -0.3 is 0 Å². The third kappa shape index (κ3) is 3.88. The van der Waals surface area contributed by atoms with Gasteiger partial charge in [0, 0.05) is 26.2 Å². The zero-order valence-electron chi connectivity index (χ0n) is 16.9. The third-order valence-electron chi connectivity index (χ3n) is 5.51. The van der Waals surface area contributed by atoms with Gasteiger partial charge in [0.1, 0.15) is 0 Å². The molecule has 8 heteroatoms. The van der Waals surface area contributed by atoms with Crippen LogP contribution in [-0.2, 0) is 20.0 Å². The average Bonchev–Trinajstić information content (AvgIpc) is 2.73. The quantitative estimate of drug-likeness (QED) is 0.727. The summed E-state index contributed by atoms with van der Waals surface area (Å²) in [5.74, 6) is 0. The number of sulfonamides is 2. The molecule has 0 saturated heterocycles. The van der Waals surface area contributed by atoms with Crippen LogP contribution >= 0.6 is 0 Å². The Bertz CT molecular complexity index is 1130. The van der Waals surface area contributed by atoms with E-state index in [0.717, 1.165) is 22.3 Å². The summed E-state index contributed by atoms with van der Waals surface area (Å²) >= 11 is 0. The van der Waals surface area contributed by atoms with Crippen molar-refractivity contribution in [2.24, 2.45) is 0 Å². The Morgan fingerprint density at radius 1 is 0.600 bits per heavy atom. The number of hydrogen-bond donors (Lipinski definition) is 0. The zero-order chi connectivity index (χ0) is 21.5. The van der Waals surface area contributed by atoms with Gasteiger partial charge in [-0.1, -0.05) is 47.5 Å². The van der Waals surface area contributed by atoms with Crippen molar-refractivity contribution < 1.29 is 16.8 Å². The van der Waals surface area contributed by atoms with E-state index in [1.807, 2.05) is 26.0 Å². The number of rotatable bonds is 4. The summed E-state index contributed by atoms with van der Waals surface area (Å²) in [4.78, 5) is 0.537. The minimum Gasteiger partial charge on any atom is -0.207 e. The van der Waals surface area contributed by atoms with E-state index >= 15 is 0 Å². The second kappa shape index (κ2) is 7.77. The van der Waals surface area contributed by atoms with Gasteiger partial charge in [-0.05, 0) is 49.3 Å². The van der Waals surface area contributed by atoms with Crippen molar-refractivity contribution in [3.05, 3.63) is 83.0 Å². The largest absolute Gasteiger partial charge is 0.243 e. The lowest BCUT2D eigenvalue weighted by atomic mass is 10.00. The first-order valence-corrected chi connectivity index (χ1v) is 12.6.